The number of hydrogen-bond acceptors (Lipinski definition) is 3. The number of rotatable bonds is 3. The molecule has 1 aromatic heterocycles. The quantitative estimate of drug-likeness (QED) is 0.835. The number of sulfone groups is 1. The van der Waals surface area contributed by atoms with Crippen LogP contribution in [-0.4, -0.2) is 24.0 Å². The van der Waals surface area contributed by atoms with Gasteiger partial charge in [0, 0.05) is 13.2 Å². The normalized spacial score (nSPS) is 11.6. The number of hydrogen-bond donors (Lipinski definition) is 0. The molecule has 1 aromatic carbocycles. The monoisotopic (exact) mass is 250 g/mol. The molecular weight excluding hydrogens is 236 g/mol. The van der Waals surface area contributed by atoms with Crippen molar-refractivity contribution in [1.29, 1.82) is 0 Å². The van der Waals surface area contributed by atoms with Crippen molar-refractivity contribution in [3.8, 4) is 11.3 Å². The molecule has 0 spiro atoms. The predicted octanol–water partition coefficient (Wildman–Crippen LogP) is 1.88. The van der Waals surface area contributed by atoms with E-state index in [2.05, 4.69) is 5.10 Å². The second kappa shape index (κ2) is 4.33. The van der Waals surface area contributed by atoms with Gasteiger partial charge in [-0.15, -0.1) is 0 Å². The second-order valence-corrected chi connectivity index (χ2v) is 6.05. The van der Waals surface area contributed by atoms with Gasteiger partial charge in [-0.2, -0.15) is 5.10 Å². The molecule has 0 amide bonds. The van der Waals surface area contributed by atoms with Crippen molar-refractivity contribution < 1.29 is 8.42 Å². The van der Waals surface area contributed by atoms with Crippen molar-refractivity contribution in [3.05, 3.63) is 36.5 Å². The van der Waals surface area contributed by atoms with Crippen molar-refractivity contribution >= 4 is 9.84 Å². The minimum absolute atomic E-state index is 0.123. The summed E-state index contributed by atoms with van der Waals surface area (Å²) in [5, 5.41) is 4.08. The third-order valence-corrected chi connectivity index (χ3v) is 4.46. The molecular formula is C12H14N2O2S. The first kappa shape index (κ1) is 11.9. The molecule has 2 rings (SSSR count). The van der Waals surface area contributed by atoms with E-state index in [0.717, 1.165) is 11.3 Å². The molecule has 5 heteroatoms. The standard InChI is InChI=1S/C12H14N2O2S/c1-3-17(15,16)11-6-4-10(5-7-11)12-8-9-13-14(12)2/h4-9H,3H2,1-2H3. The van der Waals surface area contributed by atoms with E-state index in [-0.39, 0.29) is 5.75 Å². The Kier molecular flexibility index (Phi) is 3.02. The Morgan fingerprint density at radius 3 is 2.29 bits per heavy atom. The molecule has 4 nitrogen and oxygen atoms in total. The molecule has 0 bridgehead atoms. The van der Waals surface area contributed by atoms with Gasteiger partial charge >= 0.3 is 0 Å². The van der Waals surface area contributed by atoms with Crippen LogP contribution >= 0.6 is 0 Å². The first-order valence-electron chi connectivity index (χ1n) is 5.36. The molecule has 0 unspecified atom stereocenters. The van der Waals surface area contributed by atoms with Crippen LogP contribution in [0.3, 0.4) is 0 Å². The second-order valence-electron chi connectivity index (χ2n) is 3.77. The summed E-state index contributed by atoms with van der Waals surface area (Å²) in [6, 6.07) is 8.78. The Morgan fingerprint density at radius 1 is 1.18 bits per heavy atom. The minimum atomic E-state index is -3.12. The summed E-state index contributed by atoms with van der Waals surface area (Å²) in [6.45, 7) is 1.64. The van der Waals surface area contributed by atoms with E-state index in [9.17, 15) is 8.42 Å². The Balaban J connectivity index is 2.41. The van der Waals surface area contributed by atoms with Crippen LogP contribution in [0.5, 0.6) is 0 Å². The Labute approximate surface area is 101 Å². The van der Waals surface area contributed by atoms with Gasteiger partial charge in [-0.3, -0.25) is 4.68 Å². The fraction of sp³-hybridized carbons (Fsp3) is 0.250. The van der Waals surface area contributed by atoms with E-state index in [1.807, 2.05) is 13.1 Å². The third kappa shape index (κ3) is 2.24. The molecule has 0 aliphatic heterocycles. The Hall–Kier alpha value is -1.62. The van der Waals surface area contributed by atoms with Crippen LogP contribution in [0.25, 0.3) is 11.3 Å². The van der Waals surface area contributed by atoms with Crippen LogP contribution in [0.2, 0.25) is 0 Å². The fourth-order valence-electron chi connectivity index (χ4n) is 1.66. The molecule has 0 radical (unpaired) electrons. The van der Waals surface area contributed by atoms with Crippen molar-refractivity contribution in [3.63, 3.8) is 0 Å². The molecule has 17 heavy (non-hydrogen) atoms. The summed E-state index contributed by atoms with van der Waals surface area (Å²) < 4.78 is 25.0. The smallest absolute Gasteiger partial charge is 0.178 e. The molecule has 90 valence electrons. The number of nitrogens with zero attached hydrogens (tertiary/aromatic N) is 2. The van der Waals surface area contributed by atoms with Gasteiger partial charge < -0.3 is 0 Å². The van der Waals surface area contributed by atoms with Crippen molar-refractivity contribution in [2.24, 2.45) is 7.05 Å². The first-order chi connectivity index (χ1) is 8.04. The maximum atomic E-state index is 11.6. The molecule has 0 fully saturated rings. The summed E-state index contributed by atoms with van der Waals surface area (Å²) in [6.07, 6.45) is 1.71. The van der Waals surface area contributed by atoms with Crippen LogP contribution < -0.4 is 0 Å². The summed E-state index contributed by atoms with van der Waals surface area (Å²) in [4.78, 5) is 0.367. The average Bonchev–Trinajstić information content (AvgIpc) is 2.76. The fourth-order valence-corrected chi connectivity index (χ4v) is 2.54. The zero-order chi connectivity index (χ0) is 12.5. The Bertz CT molecular complexity index is 612. The van der Waals surface area contributed by atoms with E-state index in [4.69, 9.17) is 0 Å². The zero-order valence-electron chi connectivity index (χ0n) is 9.79. The number of benzene rings is 1. The topological polar surface area (TPSA) is 52.0 Å². The van der Waals surface area contributed by atoms with Gasteiger partial charge in [0.15, 0.2) is 9.84 Å². The van der Waals surface area contributed by atoms with Gasteiger partial charge in [-0.25, -0.2) is 8.42 Å². The van der Waals surface area contributed by atoms with Crippen molar-refractivity contribution in [2.75, 3.05) is 5.75 Å². The third-order valence-electron chi connectivity index (χ3n) is 2.71. The largest absolute Gasteiger partial charge is 0.268 e. The summed E-state index contributed by atoms with van der Waals surface area (Å²) in [5.41, 5.74) is 1.92. The number of aromatic nitrogens is 2. The van der Waals surface area contributed by atoms with Crippen molar-refractivity contribution in [1.82, 2.24) is 9.78 Å². The van der Waals surface area contributed by atoms with Crippen LogP contribution in [-0.2, 0) is 16.9 Å². The maximum absolute atomic E-state index is 11.6. The molecule has 0 aliphatic rings. The lowest BCUT2D eigenvalue weighted by Crippen LogP contribution is -2.03. The van der Waals surface area contributed by atoms with Gasteiger partial charge in [-0.05, 0) is 23.8 Å². The van der Waals surface area contributed by atoms with E-state index in [1.54, 1.807) is 42.1 Å². The maximum Gasteiger partial charge on any atom is 0.178 e. The Morgan fingerprint density at radius 2 is 1.82 bits per heavy atom. The van der Waals surface area contributed by atoms with E-state index < -0.39 is 9.84 Å². The molecule has 0 atom stereocenters. The summed E-state index contributed by atoms with van der Waals surface area (Å²) in [5.74, 6) is 0.123. The number of aryl methyl sites for hydroxylation is 1. The zero-order valence-corrected chi connectivity index (χ0v) is 10.6. The van der Waals surface area contributed by atoms with Crippen LogP contribution in [0, 0.1) is 0 Å². The highest BCUT2D eigenvalue weighted by Gasteiger charge is 2.11. The molecule has 2 aromatic rings. The first-order valence-corrected chi connectivity index (χ1v) is 7.01. The van der Waals surface area contributed by atoms with Crippen LogP contribution in [0.4, 0.5) is 0 Å². The van der Waals surface area contributed by atoms with Crippen LogP contribution in [0.1, 0.15) is 6.92 Å². The highest BCUT2D eigenvalue weighted by molar-refractivity contribution is 7.91. The minimum Gasteiger partial charge on any atom is -0.268 e. The lowest BCUT2D eigenvalue weighted by Gasteiger charge is -2.04. The highest BCUT2D eigenvalue weighted by atomic mass is 32.2. The van der Waals surface area contributed by atoms with Crippen molar-refractivity contribution in [2.45, 2.75) is 11.8 Å². The van der Waals surface area contributed by atoms with Gasteiger partial charge in [-0.1, -0.05) is 19.1 Å². The van der Waals surface area contributed by atoms with Gasteiger partial charge in [0.2, 0.25) is 0 Å². The van der Waals surface area contributed by atoms with E-state index in [0.29, 0.717) is 4.90 Å². The van der Waals surface area contributed by atoms with Gasteiger partial charge in [0.05, 0.1) is 16.3 Å². The lowest BCUT2D eigenvalue weighted by atomic mass is 10.1. The lowest BCUT2D eigenvalue weighted by molar-refractivity contribution is 0.597. The van der Waals surface area contributed by atoms with Gasteiger partial charge in [0.25, 0.3) is 0 Å². The van der Waals surface area contributed by atoms with E-state index >= 15 is 0 Å². The molecule has 0 saturated heterocycles. The summed E-state index contributed by atoms with van der Waals surface area (Å²) in [7, 11) is -1.26. The molecule has 0 saturated carbocycles. The predicted molar refractivity (Wildman–Crippen MR) is 66.4 cm³/mol. The van der Waals surface area contributed by atoms with E-state index in [1.165, 1.54) is 0 Å². The molecule has 0 aliphatic carbocycles. The van der Waals surface area contributed by atoms with Crippen LogP contribution in [0.15, 0.2) is 41.4 Å². The highest BCUT2D eigenvalue weighted by Crippen LogP contribution is 2.20. The molecule has 0 N–H and O–H groups in total. The SMILES string of the molecule is CCS(=O)(=O)c1ccc(-c2ccnn2C)cc1. The summed E-state index contributed by atoms with van der Waals surface area (Å²) >= 11 is 0. The average molecular weight is 250 g/mol. The van der Waals surface area contributed by atoms with Gasteiger partial charge in [0.1, 0.15) is 0 Å². The molecule has 1 heterocycles.